The van der Waals surface area contributed by atoms with E-state index >= 15 is 0 Å². The molecule has 1 atom stereocenters. The first-order valence-electron chi connectivity index (χ1n) is 7.82. The van der Waals surface area contributed by atoms with Crippen molar-refractivity contribution in [3.8, 4) is 5.75 Å². The van der Waals surface area contributed by atoms with E-state index in [0.29, 0.717) is 6.07 Å². The predicted molar refractivity (Wildman–Crippen MR) is 88.7 cm³/mol. The monoisotopic (exact) mass is 408 g/mol. The van der Waals surface area contributed by atoms with Crippen molar-refractivity contribution in [2.45, 2.75) is 45.2 Å². The summed E-state index contributed by atoms with van der Waals surface area (Å²) >= 11 is 0. The Morgan fingerprint density at radius 2 is 1.86 bits per heavy atom. The molecule has 0 fully saturated rings. The highest BCUT2D eigenvalue weighted by Crippen LogP contribution is 2.29. The van der Waals surface area contributed by atoms with E-state index in [1.165, 1.54) is 0 Å². The Morgan fingerprint density at radius 1 is 1.25 bits per heavy atom. The van der Waals surface area contributed by atoms with Crippen LogP contribution in [0.15, 0.2) is 18.2 Å². The third kappa shape index (κ3) is 7.68. The second-order valence-electron chi connectivity index (χ2n) is 6.52. The second-order valence-corrected chi connectivity index (χ2v) is 6.52. The second kappa shape index (κ2) is 8.76. The predicted octanol–water partition coefficient (Wildman–Crippen LogP) is 3.10. The molecule has 1 N–H and O–H groups in total. The molecule has 1 aromatic rings. The molecule has 1 amide bonds. The number of alkyl halides is 3. The summed E-state index contributed by atoms with van der Waals surface area (Å²) in [6.07, 6.45) is -6.42. The molecule has 1 rings (SSSR count). The average molecular weight is 408 g/mol. The first-order valence-corrected chi connectivity index (χ1v) is 7.82. The SMILES string of the molecule is COC(=O)[C@H](Cc1ccc(OC(F)(F)F)cc1[N+](=O)[O-])NC(=O)OC(C)(C)C. The lowest BCUT2D eigenvalue weighted by molar-refractivity contribution is -0.385. The number of carbonyl (C=O) groups excluding carboxylic acids is 2. The van der Waals surface area contributed by atoms with Crippen LogP contribution in [0.5, 0.6) is 5.75 Å². The minimum atomic E-state index is -5.03. The molecule has 0 aromatic heterocycles. The van der Waals surface area contributed by atoms with Crippen LogP contribution in [-0.2, 0) is 20.7 Å². The molecule has 0 aliphatic carbocycles. The summed E-state index contributed by atoms with van der Waals surface area (Å²) in [6.45, 7) is 4.76. The number of esters is 1. The van der Waals surface area contributed by atoms with Crippen LogP contribution < -0.4 is 10.1 Å². The largest absolute Gasteiger partial charge is 0.573 e. The van der Waals surface area contributed by atoms with E-state index in [1.54, 1.807) is 20.8 Å². The summed E-state index contributed by atoms with van der Waals surface area (Å²) in [6, 6.07) is 1.06. The van der Waals surface area contributed by atoms with E-state index in [-0.39, 0.29) is 5.56 Å². The van der Waals surface area contributed by atoms with Gasteiger partial charge in [-0.05, 0) is 32.9 Å². The number of halogens is 3. The maximum absolute atomic E-state index is 12.3. The van der Waals surface area contributed by atoms with E-state index in [2.05, 4.69) is 14.8 Å². The Labute approximate surface area is 157 Å². The molecule has 0 radical (unpaired) electrons. The number of alkyl carbamates (subject to hydrolysis) is 1. The van der Waals surface area contributed by atoms with Gasteiger partial charge in [0.05, 0.1) is 18.1 Å². The van der Waals surface area contributed by atoms with E-state index in [4.69, 9.17) is 4.74 Å². The molecule has 0 aliphatic rings. The van der Waals surface area contributed by atoms with Crippen molar-refractivity contribution in [1.82, 2.24) is 5.32 Å². The Balaban J connectivity index is 3.12. The zero-order valence-electron chi connectivity index (χ0n) is 15.5. The number of nitro groups is 1. The van der Waals surface area contributed by atoms with Crippen LogP contribution in [0, 0.1) is 10.1 Å². The zero-order valence-corrected chi connectivity index (χ0v) is 15.5. The molecule has 28 heavy (non-hydrogen) atoms. The minimum absolute atomic E-state index is 0.119. The van der Waals surface area contributed by atoms with E-state index < -0.39 is 52.8 Å². The summed E-state index contributed by atoms with van der Waals surface area (Å²) in [5, 5.41) is 13.4. The first kappa shape index (κ1) is 23.0. The lowest BCUT2D eigenvalue weighted by atomic mass is 10.0. The Kier molecular flexibility index (Phi) is 7.19. The van der Waals surface area contributed by atoms with Crippen LogP contribution in [0.25, 0.3) is 0 Å². The van der Waals surface area contributed by atoms with Crippen LogP contribution >= 0.6 is 0 Å². The molecule has 0 aliphatic heterocycles. The van der Waals surface area contributed by atoms with Crippen LogP contribution in [0.2, 0.25) is 0 Å². The van der Waals surface area contributed by atoms with Crippen LogP contribution in [0.3, 0.4) is 0 Å². The Morgan fingerprint density at radius 3 is 2.32 bits per heavy atom. The summed E-state index contributed by atoms with van der Waals surface area (Å²) in [4.78, 5) is 34.1. The topological polar surface area (TPSA) is 117 Å². The van der Waals surface area contributed by atoms with Crippen molar-refractivity contribution in [2.24, 2.45) is 0 Å². The fourth-order valence-electron chi connectivity index (χ4n) is 2.09. The van der Waals surface area contributed by atoms with Gasteiger partial charge in [-0.2, -0.15) is 0 Å². The quantitative estimate of drug-likeness (QED) is 0.437. The fourth-order valence-corrected chi connectivity index (χ4v) is 2.09. The Bertz CT molecular complexity index is 745. The third-order valence-electron chi connectivity index (χ3n) is 3.09. The first-order chi connectivity index (χ1) is 12.7. The van der Waals surface area contributed by atoms with Gasteiger partial charge in [0.1, 0.15) is 17.4 Å². The number of nitro benzene ring substituents is 1. The standard InChI is InChI=1S/C16H19F3N2O7/c1-15(2,3)28-14(23)20-11(13(22)26-4)7-9-5-6-10(27-16(17,18)19)8-12(9)21(24)25/h5-6,8,11H,7H2,1-4H3,(H,20,23)/t11-/m0/s1. The lowest BCUT2D eigenvalue weighted by Crippen LogP contribution is -2.45. The number of ether oxygens (including phenoxy) is 3. The van der Waals surface area contributed by atoms with Gasteiger partial charge in [0.2, 0.25) is 0 Å². The van der Waals surface area contributed by atoms with Crippen molar-refractivity contribution in [1.29, 1.82) is 0 Å². The number of nitrogens with zero attached hydrogens (tertiary/aromatic N) is 1. The van der Waals surface area contributed by atoms with Gasteiger partial charge in [-0.3, -0.25) is 10.1 Å². The number of rotatable bonds is 6. The highest BCUT2D eigenvalue weighted by molar-refractivity contribution is 5.82. The molecule has 0 bridgehead atoms. The van der Waals surface area contributed by atoms with Gasteiger partial charge in [0.25, 0.3) is 5.69 Å². The summed E-state index contributed by atoms with van der Waals surface area (Å²) in [5.41, 5.74) is -1.71. The molecule has 1 aromatic carbocycles. The van der Waals surface area contributed by atoms with Gasteiger partial charge >= 0.3 is 18.4 Å². The van der Waals surface area contributed by atoms with E-state index in [9.17, 15) is 32.9 Å². The zero-order chi connectivity index (χ0) is 21.7. The van der Waals surface area contributed by atoms with Gasteiger partial charge in [-0.15, -0.1) is 13.2 Å². The molecular weight excluding hydrogens is 389 g/mol. The number of methoxy groups -OCH3 is 1. The highest BCUT2D eigenvalue weighted by atomic mass is 19.4. The maximum atomic E-state index is 12.3. The molecule has 0 spiro atoms. The number of nitrogens with one attached hydrogen (secondary N) is 1. The highest BCUT2D eigenvalue weighted by Gasteiger charge is 2.33. The number of hydrogen-bond acceptors (Lipinski definition) is 7. The molecular formula is C16H19F3N2O7. The van der Waals surface area contributed by atoms with Gasteiger partial charge in [0, 0.05) is 12.0 Å². The Hall–Kier alpha value is -3.05. The summed E-state index contributed by atoms with van der Waals surface area (Å²) < 4.78 is 50.1. The maximum Gasteiger partial charge on any atom is 0.573 e. The number of amides is 1. The molecule has 12 heteroatoms. The molecule has 0 unspecified atom stereocenters. The van der Waals surface area contributed by atoms with Crippen molar-refractivity contribution < 1.29 is 41.9 Å². The minimum Gasteiger partial charge on any atom is -0.467 e. The van der Waals surface area contributed by atoms with E-state index in [1.807, 2.05) is 0 Å². The van der Waals surface area contributed by atoms with Crippen LogP contribution in [-0.4, -0.2) is 42.1 Å². The number of benzene rings is 1. The lowest BCUT2D eigenvalue weighted by Gasteiger charge is -2.22. The van der Waals surface area contributed by atoms with Gasteiger partial charge in [-0.25, -0.2) is 9.59 Å². The summed E-state index contributed by atoms with van der Waals surface area (Å²) in [7, 11) is 1.04. The molecule has 0 heterocycles. The van der Waals surface area contributed by atoms with Crippen molar-refractivity contribution >= 4 is 17.7 Å². The fraction of sp³-hybridized carbons (Fsp3) is 0.500. The molecule has 0 saturated carbocycles. The van der Waals surface area contributed by atoms with Crippen molar-refractivity contribution in [3.05, 3.63) is 33.9 Å². The third-order valence-corrected chi connectivity index (χ3v) is 3.09. The molecule has 9 nitrogen and oxygen atoms in total. The molecule has 0 saturated heterocycles. The normalized spacial score (nSPS) is 12.7. The summed E-state index contributed by atoms with van der Waals surface area (Å²) in [5.74, 6) is -1.71. The van der Waals surface area contributed by atoms with E-state index in [0.717, 1.165) is 19.2 Å². The number of hydrogen-bond donors (Lipinski definition) is 1. The van der Waals surface area contributed by atoms with Crippen molar-refractivity contribution in [3.63, 3.8) is 0 Å². The molecule has 156 valence electrons. The average Bonchev–Trinajstić information content (AvgIpc) is 2.51. The smallest absolute Gasteiger partial charge is 0.467 e. The van der Waals surface area contributed by atoms with Crippen molar-refractivity contribution in [2.75, 3.05) is 7.11 Å². The van der Waals surface area contributed by atoms with Gasteiger partial charge < -0.3 is 19.5 Å². The van der Waals surface area contributed by atoms with Crippen LogP contribution in [0.1, 0.15) is 26.3 Å². The van der Waals surface area contributed by atoms with Crippen LogP contribution in [0.4, 0.5) is 23.7 Å². The van der Waals surface area contributed by atoms with Gasteiger partial charge in [-0.1, -0.05) is 0 Å². The van der Waals surface area contributed by atoms with Gasteiger partial charge in [0.15, 0.2) is 0 Å². The number of carbonyl (C=O) groups is 2.